The summed E-state index contributed by atoms with van der Waals surface area (Å²) in [5.41, 5.74) is 6.19. The summed E-state index contributed by atoms with van der Waals surface area (Å²) in [4.78, 5) is 11.3. The average Bonchev–Trinajstić information content (AvgIpc) is 2.35. The van der Waals surface area contributed by atoms with Gasteiger partial charge in [-0.15, -0.1) is 0 Å². The van der Waals surface area contributed by atoms with Gasteiger partial charge in [-0.25, -0.2) is 4.79 Å². The minimum Gasteiger partial charge on any atom is -0.508 e. The van der Waals surface area contributed by atoms with Crippen molar-refractivity contribution in [2.75, 3.05) is 13.2 Å². The van der Waals surface area contributed by atoms with Crippen LogP contribution in [0.5, 0.6) is 5.75 Å². The Morgan fingerprint density at radius 3 is 2.73 bits per heavy atom. The van der Waals surface area contributed by atoms with Gasteiger partial charge in [0.05, 0.1) is 6.61 Å². The number of phenolic OH excluding ortho intramolecular Hbond substituents is 1. The second-order valence-corrected chi connectivity index (χ2v) is 2.94. The van der Waals surface area contributed by atoms with Crippen molar-refractivity contribution in [3.63, 3.8) is 0 Å². The summed E-state index contributed by atoms with van der Waals surface area (Å²) >= 11 is 0. The number of carbonyl (C=O) groups excluding carboxylic acids is 1. The summed E-state index contributed by atoms with van der Waals surface area (Å²) in [5, 5.41) is 12.7. The fourth-order valence-corrected chi connectivity index (χ4v) is 1.05. The zero-order chi connectivity index (χ0) is 12.0. The molecule has 0 radical (unpaired) electrons. The molecule has 0 saturated carbocycles. The lowest BCUT2D eigenvalue weighted by Crippen LogP contribution is -2.24. The van der Waals surface area contributed by atoms with E-state index in [9.17, 15) is 4.79 Å². The van der Waals surface area contributed by atoms with Crippen LogP contribution in [-0.2, 0) is 9.53 Å². The van der Waals surface area contributed by atoms with E-state index in [-0.39, 0.29) is 13.2 Å². The molecule has 0 spiro atoms. The minimum absolute atomic E-state index is 0.0690. The highest BCUT2D eigenvalue weighted by atomic mass is 16.5. The lowest BCUT2D eigenvalue weighted by atomic mass is 10.1. The number of aromatic hydroxyl groups is 1. The van der Waals surface area contributed by atoms with Gasteiger partial charge >= 0.3 is 5.97 Å². The molecule has 1 aromatic carbocycles. The van der Waals surface area contributed by atoms with Crippen LogP contribution in [0.15, 0.2) is 24.3 Å². The zero-order valence-electron chi connectivity index (χ0n) is 9.05. The highest BCUT2D eigenvalue weighted by molar-refractivity contribution is 5.77. The number of hydrogen-bond donors (Lipinski definition) is 3. The third-order valence-corrected chi connectivity index (χ3v) is 1.83. The number of nitrogens with two attached hydrogens (primary N) is 1. The van der Waals surface area contributed by atoms with Gasteiger partial charge in [-0.2, -0.15) is 0 Å². The highest BCUT2D eigenvalue weighted by Crippen LogP contribution is 2.15. The van der Waals surface area contributed by atoms with E-state index < -0.39 is 12.0 Å². The monoisotopic (exact) mass is 212 g/mol. The Labute approximate surface area is 88.6 Å². The van der Waals surface area contributed by atoms with E-state index in [1.165, 1.54) is 12.1 Å². The number of rotatable bonds is 5. The molecule has 5 nitrogen and oxygen atoms in total. The molecule has 0 aliphatic rings. The van der Waals surface area contributed by atoms with Crippen molar-refractivity contribution in [1.29, 1.82) is 1.43 Å². The number of hydrogen-bond acceptors (Lipinski definition) is 5. The molecule has 0 heterocycles. The molecule has 0 fully saturated rings. The van der Waals surface area contributed by atoms with Crippen LogP contribution in [0, 0.1) is 0 Å². The third-order valence-electron chi connectivity index (χ3n) is 1.83. The van der Waals surface area contributed by atoms with Gasteiger partial charge in [0.15, 0.2) is 0 Å². The van der Waals surface area contributed by atoms with Crippen molar-refractivity contribution in [3.05, 3.63) is 29.8 Å². The van der Waals surface area contributed by atoms with Crippen molar-refractivity contribution < 1.29 is 19.7 Å². The molecule has 1 unspecified atom stereocenters. The van der Waals surface area contributed by atoms with E-state index in [0.717, 1.165) is 0 Å². The Hall–Kier alpha value is -1.59. The molecule has 4 N–H and O–H groups in total. The fourth-order valence-electron chi connectivity index (χ4n) is 1.05. The molecule has 1 rings (SSSR count). The molecule has 0 amide bonds. The molecule has 0 aromatic heterocycles. The molecule has 0 aliphatic heterocycles. The van der Waals surface area contributed by atoms with Crippen LogP contribution in [0.1, 0.15) is 11.6 Å². The number of phenols is 1. The minimum atomic E-state index is -0.897. The van der Waals surface area contributed by atoms with Gasteiger partial charge in [0.25, 0.3) is 1.43 Å². The maximum atomic E-state index is 11.3. The smallest absolute Gasteiger partial charge is 0.327 e. The summed E-state index contributed by atoms with van der Waals surface area (Å²) in [6.45, 7) is -0.301. The van der Waals surface area contributed by atoms with Crippen molar-refractivity contribution in [3.8, 4) is 5.75 Å². The van der Waals surface area contributed by atoms with Gasteiger partial charge in [-0.05, 0) is 17.7 Å². The topological polar surface area (TPSA) is 92.8 Å². The fraction of sp³-hybridized carbons (Fsp3) is 0.300. The van der Waals surface area contributed by atoms with Crippen LogP contribution in [0.3, 0.4) is 0 Å². The van der Waals surface area contributed by atoms with Crippen LogP contribution < -0.4 is 5.73 Å². The maximum absolute atomic E-state index is 11.3. The number of ether oxygens (including phenoxy) is 1. The molecule has 0 bridgehead atoms. The number of carbonyl (C=O) groups is 1. The number of aliphatic hydroxyl groups is 1. The summed E-state index contributed by atoms with van der Waals surface area (Å²) < 4.78 is 11.3. The zero-order valence-corrected chi connectivity index (χ0v) is 8.05. The average molecular weight is 212 g/mol. The Morgan fingerprint density at radius 2 is 2.20 bits per heavy atom. The number of aliphatic hydroxyl groups excluding tert-OH is 1. The van der Waals surface area contributed by atoms with Crippen molar-refractivity contribution in [2.45, 2.75) is 6.04 Å². The van der Waals surface area contributed by atoms with Crippen LogP contribution in [0.25, 0.3) is 0 Å². The largest absolute Gasteiger partial charge is 0.508 e. The van der Waals surface area contributed by atoms with Gasteiger partial charge in [0.1, 0.15) is 18.4 Å². The van der Waals surface area contributed by atoms with Gasteiger partial charge in [0, 0.05) is 0 Å². The van der Waals surface area contributed by atoms with Crippen LogP contribution in [0.2, 0.25) is 0 Å². The van der Waals surface area contributed by atoms with E-state index in [1.807, 2.05) is 0 Å². The number of esters is 1. The first kappa shape index (κ1) is 9.95. The van der Waals surface area contributed by atoms with E-state index >= 15 is 0 Å². The molecule has 82 valence electrons. The van der Waals surface area contributed by atoms with Gasteiger partial charge in [0.2, 0.25) is 0 Å². The molecule has 15 heavy (non-hydrogen) atoms. The predicted octanol–water partition coefficient (Wildman–Crippen LogP) is -0.0725. The van der Waals surface area contributed by atoms with Crippen molar-refractivity contribution >= 4 is 5.97 Å². The second kappa shape index (κ2) is 5.33. The van der Waals surface area contributed by atoms with Gasteiger partial charge in [-0.1, -0.05) is 12.1 Å². The van der Waals surface area contributed by atoms with E-state index in [0.29, 0.717) is 11.3 Å². The first-order valence-corrected chi connectivity index (χ1v) is 4.45. The first-order valence-electron chi connectivity index (χ1n) is 4.86. The lowest BCUT2D eigenvalue weighted by molar-refractivity contribution is -0.146. The quantitative estimate of drug-likeness (QED) is 0.594. The van der Waals surface area contributed by atoms with Crippen LogP contribution in [-0.4, -0.2) is 30.8 Å². The molecule has 0 aliphatic carbocycles. The van der Waals surface area contributed by atoms with Crippen LogP contribution in [0.4, 0.5) is 0 Å². The number of benzene rings is 1. The predicted molar refractivity (Wildman–Crippen MR) is 53.1 cm³/mol. The Bertz CT molecular complexity index is 341. The van der Waals surface area contributed by atoms with Gasteiger partial charge in [-0.3, -0.25) is 0 Å². The van der Waals surface area contributed by atoms with Crippen LogP contribution >= 0.6 is 0 Å². The Morgan fingerprint density at radius 1 is 1.53 bits per heavy atom. The third kappa shape index (κ3) is 3.23. The standard InChI is InChI=1S/C10H13NO4/c11-9(10(14)15-6-5-12)7-1-3-8(13)4-2-7/h1-4,9,12-13H,5-6,11H2/i/hD. The SMILES string of the molecule is [2H]Oc1ccc(C(N)C(=O)OCCO)cc1. The van der Waals surface area contributed by atoms with Crippen molar-refractivity contribution in [1.82, 2.24) is 0 Å². The van der Waals surface area contributed by atoms with Gasteiger partial charge < -0.3 is 20.7 Å². The van der Waals surface area contributed by atoms with E-state index in [2.05, 4.69) is 9.85 Å². The molecule has 5 heteroatoms. The molecule has 1 atom stereocenters. The Kier molecular flexibility index (Phi) is 3.53. The first-order chi connectivity index (χ1) is 7.69. The summed E-state index contributed by atoms with van der Waals surface area (Å²) in [7, 11) is 0. The van der Waals surface area contributed by atoms with E-state index in [1.54, 1.807) is 12.1 Å². The molecule has 0 saturated heterocycles. The molecular formula is C10H13NO4. The maximum Gasteiger partial charge on any atom is 0.327 e. The lowest BCUT2D eigenvalue weighted by Gasteiger charge is -2.10. The molecular weight excluding hydrogens is 198 g/mol. The summed E-state index contributed by atoms with van der Waals surface area (Å²) in [6.07, 6.45) is 0. The van der Waals surface area contributed by atoms with Crippen molar-refractivity contribution in [2.24, 2.45) is 5.73 Å². The highest BCUT2D eigenvalue weighted by Gasteiger charge is 2.16. The second-order valence-electron chi connectivity index (χ2n) is 2.94. The van der Waals surface area contributed by atoms with E-state index in [4.69, 9.17) is 12.3 Å². The normalized spacial score (nSPS) is 12.8. The molecule has 1 aromatic rings. The summed E-state index contributed by atoms with van der Waals surface area (Å²) in [6, 6.07) is 5.32. The summed E-state index contributed by atoms with van der Waals surface area (Å²) in [5.74, 6) is -0.242. The Balaban J connectivity index is 2.64.